The van der Waals surface area contributed by atoms with Crippen LogP contribution in [-0.4, -0.2) is 24.5 Å². The Kier molecular flexibility index (Phi) is 4.22. The quantitative estimate of drug-likeness (QED) is 0.698. The fourth-order valence-electron chi connectivity index (χ4n) is 2.52. The Morgan fingerprint density at radius 2 is 1.88 bits per heavy atom. The first kappa shape index (κ1) is 16.0. The number of carboxylic acids is 1. The molecule has 0 aliphatic rings. The Labute approximate surface area is 139 Å². The molecule has 6 heteroatoms. The minimum absolute atomic E-state index is 0.233. The lowest BCUT2D eigenvalue weighted by Crippen LogP contribution is -2.00. The maximum Gasteiger partial charge on any atom is 0.327 e. The van der Waals surface area contributed by atoms with Gasteiger partial charge in [0.1, 0.15) is 0 Å². The molecule has 2 aromatic carbocycles. The molecule has 1 aromatic heterocycles. The average Bonchev–Trinajstić information content (AvgIpc) is 2.99. The van der Waals surface area contributed by atoms with Gasteiger partial charge < -0.3 is 10.1 Å². The van der Waals surface area contributed by atoms with Gasteiger partial charge in [-0.3, -0.25) is 0 Å². The average molecular weight is 341 g/mol. The molecule has 0 atom stereocenters. The summed E-state index contributed by atoms with van der Waals surface area (Å²) in [5.41, 5.74) is 1.59. The molecule has 0 saturated heterocycles. The van der Waals surface area contributed by atoms with Crippen molar-refractivity contribution in [1.82, 2.24) is 4.98 Å². The van der Waals surface area contributed by atoms with Crippen LogP contribution in [-0.2, 0) is 21.1 Å². The zero-order valence-corrected chi connectivity index (χ0v) is 13.5. The van der Waals surface area contributed by atoms with Crippen molar-refractivity contribution in [1.29, 1.82) is 0 Å². The van der Waals surface area contributed by atoms with Crippen molar-refractivity contribution in [3.63, 3.8) is 0 Å². The number of H-pyrrole nitrogens is 1. The highest BCUT2D eigenvalue weighted by Gasteiger charge is 2.21. The molecule has 3 aromatic rings. The molecule has 2 N–H and O–H groups in total. The van der Waals surface area contributed by atoms with E-state index in [1.54, 1.807) is 48.5 Å². The van der Waals surface area contributed by atoms with Crippen LogP contribution in [0.5, 0.6) is 0 Å². The Morgan fingerprint density at radius 1 is 1.12 bits per heavy atom. The molecular weight excluding hydrogens is 326 g/mol. The lowest BCUT2D eigenvalue weighted by atomic mass is 10.1. The van der Waals surface area contributed by atoms with Crippen molar-refractivity contribution < 1.29 is 18.3 Å². The fourth-order valence-corrected chi connectivity index (χ4v) is 3.97. The second-order valence-electron chi connectivity index (χ2n) is 5.29. The zero-order chi connectivity index (χ0) is 17.2. The van der Waals surface area contributed by atoms with Gasteiger partial charge in [-0.2, -0.15) is 0 Å². The van der Waals surface area contributed by atoms with E-state index in [-0.39, 0.29) is 9.79 Å². The third-order valence-electron chi connectivity index (χ3n) is 3.67. The van der Waals surface area contributed by atoms with E-state index >= 15 is 0 Å². The minimum Gasteiger partial charge on any atom is -0.478 e. The normalized spacial score (nSPS) is 12.0. The Morgan fingerprint density at radius 3 is 2.58 bits per heavy atom. The molecule has 1 heterocycles. The first-order chi connectivity index (χ1) is 11.5. The summed E-state index contributed by atoms with van der Waals surface area (Å²) in [5.74, 6) is -0.993. The number of nitrogens with one attached hydrogen (secondary N) is 1. The van der Waals surface area contributed by atoms with Crippen LogP contribution in [0.3, 0.4) is 0 Å². The summed E-state index contributed by atoms with van der Waals surface area (Å²) >= 11 is 0. The number of allylic oxidation sites excluding steroid dienone is 1. The minimum atomic E-state index is -3.59. The van der Waals surface area contributed by atoms with Crippen LogP contribution in [0.1, 0.15) is 5.56 Å². The number of benzene rings is 2. The summed E-state index contributed by atoms with van der Waals surface area (Å²) in [5, 5.41) is 9.22. The number of carbonyl (C=O) groups is 1. The first-order valence-electron chi connectivity index (χ1n) is 7.28. The van der Waals surface area contributed by atoms with E-state index in [0.29, 0.717) is 17.3 Å². The van der Waals surface area contributed by atoms with Crippen LogP contribution in [0.15, 0.2) is 76.7 Å². The second kappa shape index (κ2) is 6.33. The molecule has 0 bridgehead atoms. The molecular formula is C18H15NO4S. The molecule has 0 fully saturated rings. The lowest BCUT2D eigenvalue weighted by Gasteiger charge is -2.03. The molecule has 0 unspecified atom stereocenters. The number of fused-ring (bicyclic) bond motifs is 1. The van der Waals surface area contributed by atoms with Gasteiger partial charge in [-0.25, -0.2) is 13.2 Å². The van der Waals surface area contributed by atoms with Gasteiger partial charge in [0.15, 0.2) is 0 Å². The first-order valence-corrected chi connectivity index (χ1v) is 8.76. The van der Waals surface area contributed by atoms with Crippen LogP contribution >= 0.6 is 0 Å². The molecule has 0 radical (unpaired) electrons. The molecule has 24 heavy (non-hydrogen) atoms. The van der Waals surface area contributed by atoms with E-state index in [1.165, 1.54) is 6.20 Å². The van der Waals surface area contributed by atoms with Gasteiger partial charge in [0.25, 0.3) is 0 Å². The highest BCUT2D eigenvalue weighted by Crippen LogP contribution is 2.28. The number of aliphatic carboxylic acids is 1. The van der Waals surface area contributed by atoms with Crippen LogP contribution < -0.4 is 0 Å². The van der Waals surface area contributed by atoms with Gasteiger partial charge >= 0.3 is 5.97 Å². The zero-order valence-electron chi connectivity index (χ0n) is 12.6. The van der Waals surface area contributed by atoms with Gasteiger partial charge in [0, 0.05) is 23.2 Å². The molecule has 5 nitrogen and oxygen atoms in total. The van der Waals surface area contributed by atoms with Crippen molar-refractivity contribution in [2.75, 3.05) is 0 Å². The third kappa shape index (κ3) is 3.09. The van der Waals surface area contributed by atoms with E-state index in [0.717, 1.165) is 11.6 Å². The lowest BCUT2D eigenvalue weighted by molar-refractivity contribution is -0.131. The van der Waals surface area contributed by atoms with Gasteiger partial charge in [-0.15, -0.1) is 0 Å². The molecule has 0 amide bonds. The largest absolute Gasteiger partial charge is 0.478 e. The Bertz CT molecular complexity index is 1020. The van der Waals surface area contributed by atoms with Crippen molar-refractivity contribution in [2.24, 2.45) is 0 Å². The van der Waals surface area contributed by atoms with Gasteiger partial charge in [0.05, 0.1) is 9.79 Å². The summed E-state index contributed by atoms with van der Waals surface area (Å²) in [6, 6.07) is 13.6. The number of aromatic amines is 1. The van der Waals surface area contributed by atoms with Gasteiger partial charge in [-0.05, 0) is 30.2 Å². The summed E-state index contributed by atoms with van der Waals surface area (Å²) in [7, 11) is -3.59. The number of sulfone groups is 1. The number of hydrogen-bond acceptors (Lipinski definition) is 3. The summed E-state index contributed by atoms with van der Waals surface area (Å²) in [6.45, 7) is 0. The van der Waals surface area contributed by atoms with Crippen molar-refractivity contribution in [3.8, 4) is 0 Å². The number of hydrogen-bond donors (Lipinski definition) is 2. The number of rotatable bonds is 5. The van der Waals surface area contributed by atoms with E-state index < -0.39 is 15.8 Å². The monoisotopic (exact) mass is 341 g/mol. The predicted molar refractivity (Wildman–Crippen MR) is 90.7 cm³/mol. The summed E-state index contributed by atoms with van der Waals surface area (Å²) in [4.78, 5) is 14.0. The highest BCUT2D eigenvalue weighted by atomic mass is 32.2. The molecule has 0 aliphatic heterocycles. The highest BCUT2D eigenvalue weighted by molar-refractivity contribution is 7.91. The topological polar surface area (TPSA) is 87.2 Å². The molecule has 0 aliphatic carbocycles. The van der Waals surface area contributed by atoms with Crippen molar-refractivity contribution in [3.05, 3.63) is 72.4 Å². The van der Waals surface area contributed by atoms with Gasteiger partial charge in [0.2, 0.25) is 9.84 Å². The van der Waals surface area contributed by atoms with E-state index in [2.05, 4.69) is 4.98 Å². The summed E-state index contributed by atoms with van der Waals surface area (Å²) < 4.78 is 25.5. The molecule has 3 rings (SSSR count). The Hall–Kier alpha value is -2.86. The molecule has 122 valence electrons. The maximum atomic E-state index is 12.7. The van der Waals surface area contributed by atoms with Crippen molar-refractivity contribution in [2.45, 2.75) is 16.2 Å². The third-order valence-corrected chi connectivity index (χ3v) is 5.47. The predicted octanol–water partition coefficient (Wildman–Crippen LogP) is 3.18. The standard InChI is InChI=1S/C18H15NO4S/c20-18(21)8-4-5-13-9-10-15-16(11-13)19-12-17(15)24(22,23)14-6-2-1-3-7-14/h1-4,6-12,19H,5H2,(H,20,21). The van der Waals surface area contributed by atoms with Crippen LogP contribution in [0.25, 0.3) is 10.9 Å². The SMILES string of the molecule is O=C(O)C=CCc1ccc2c(S(=O)(=O)c3ccccc3)c[nH]c2c1. The number of aromatic nitrogens is 1. The van der Waals surface area contributed by atoms with Crippen molar-refractivity contribution >= 4 is 26.7 Å². The smallest absolute Gasteiger partial charge is 0.327 e. The fraction of sp³-hybridized carbons (Fsp3) is 0.0556. The second-order valence-corrected chi connectivity index (χ2v) is 7.21. The van der Waals surface area contributed by atoms with E-state index in [9.17, 15) is 13.2 Å². The van der Waals surface area contributed by atoms with Crippen LogP contribution in [0, 0.1) is 0 Å². The maximum absolute atomic E-state index is 12.7. The van der Waals surface area contributed by atoms with E-state index in [4.69, 9.17) is 5.11 Å². The molecule has 0 spiro atoms. The van der Waals surface area contributed by atoms with Crippen LogP contribution in [0.2, 0.25) is 0 Å². The van der Waals surface area contributed by atoms with Gasteiger partial charge in [-0.1, -0.05) is 36.4 Å². The molecule has 0 saturated carbocycles. The summed E-state index contributed by atoms with van der Waals surface area (Å²) in [6.07, 6.45) is 4.59. The van der Waals surface area contributed by atoms with E-state index in [1.807, 2.05) is 6.07 Å². The Balaban J connectivity index is 1.99. The number of carboxylic acid groups (broad SMARTS) is 1. The van der Waals surface area contributed by atoms with Crippen LogP contribution in [0.4, 0.5) is 0 Å².